The highest BCUT2D eigenvalue weighted by atomic mass is 32.2. The van der Waals surface area contributed by atoms with Crippen LogP contribution in [0.4, 0.5) is 14.6 Å². The Labute approximate surface area is 147 Å². The van der Waals surface area contributed by atoms with Gasteiger partial charge in [-0.2, -0.15) is 4.98 Å². The lowest BCUT2D eigenvalue weighted by molar-refractivity contribution is -0.116. The minimum Gasteiger partial charge on any atom is -0.312 e. The van der Waals surface area contributed by atoms with E-state index in [1.807, 2.05) is 6.92 Å². The first-order chi connectivity index (χ1) is 11.9. The maximum absolute atomic E-state index is 14.2. The van der Waals surface area contributed by atoms with Gasteiger partial charge in [0.15, 0.2) is 16.8 Å². The summed E-state index contributed by atoms with van der Waals surface area (Å²) in [6.07, 6.45) is 0.771. The fourth-order valence-electron chi connectivity index (χ4n) is 2.91. The molecule has 0 spiro atoms. The molecule has 1 atom stereocenters. The summed E-state index contributed by atoms with van der Waals surface area (Å²) in [6, 6.07) is 3.76. The predicted molar refractivity (Wildman–Crippen MR) is 91.9 cm³/mol. The number of nitrogens with one attached hydrogen (secondary N) is 1. The van der Waals surface area contributed by atoms with Gasteiger partial charge in [0.2, 0.25) is 5.91 Å². The van der Waals surface area contributed by atoms with Gasteiger partial charge >= 0.3 is 0 Å². The second-order valence-corrected chi connectivity index (χ2v) is 6.88. The Morgan fingerprint density at radius 1 is 1.36 bits per heavy atom. The molecule has 0 aliphatic carbocycles. The Morgan fingerprint density at radius 3 is 2.84 bits per heavy atom. The number of halogens is 2. The largest absolute Gasteiger partial charge is 0.312 e. The number of amides is 1. The smallest absolute Gasteiger partial charge is 0.279 e. The highest BCUT2D eigenvalue weighted by Crippen LogP contribution is 2.37. The van der Waals surface area contributed by atoms with Crippen molar-refractivity contribution in [1.29, 1.82) is 0 Å². The second-order valence-electron chi connectivity index (χ2n) is 5.82. The normalized spacial score (nSPS) is 16.5. The SMILES string of the molecule is CCCSc1nc(=O)c2c(n1C)NC(=O)C[C@H]2c1cccc(F)c1F. The predicted octanol–water partition coefficient (Wildman–Crippen LogP) is 3.03. The summed E-state index contributed by atoms with van der Waals surface area (Å²) in [5, 5.41) is 3.15. The van der Waals surface area contributed by atoms with Crippen LogP contribution in [0.1, 0.15) is 36.8 Å². The third kappa shape index (κ3) is 3.18. The van der Waals surface area contributed by atoms with Crippen LogP contribution in [0.15, 0.2) is 28.2 Å². The van der Waals surface area contributed by atoms with Crippen LogP contribution in [0.25, 0.3) is 0 Å². The molecule has 0 saturated heterocycles. The number of benzene rings is 1. The van der Waals surface area contributed by atoms with E-state index >= 15 is 0 Å². The van der Waals surface area contributed by atoms with Crippen molar-refractivity contribution in [3.05, 3.63) is 51.3 Å². The van der Waals surface area contributed by atoms with Crippen LogP contribution >= 0.6 is 11.8 Å². The molecule has 0 fully saturated rings. The molecular weight excluding hydrogens is 348 g/mol. The molecule has 0 radical (unpaired) electrons. The van der Waals surface area contributed by atoms with Crippen LogP contribution in [0.3, 0.4) is 0 Å². The molecule has 0 saturated carbocycles. The molecule has 8 heteroatoms. The maximum atomic E-state index is 14.2. The standard InChI is InChI=1S/C17H17F2N3O2S/c1-3-7-25-17-21-16(24)13-10(8-12(23)20-15(13)22(17)2)9-5-4-6-11(18)14(9)19/h4-6,10H,3,7-8H2,1-2H3,(H,20,23)/t10-/m0/s1. The Bertz CT molecular complexity index is 898. The minimum absolute atomic E-state index is 0.0102. The molecule has 1 aliphatic rings. The number of anilines is 1. The van der Waals surface area contributed by atoms with Gasteiger partial charge in [-0.15, -0.1) is 0 Å². The average Bonchev–Trinajstić information content (AvgIpc) is 2.58. The number of carbonyl (C=O) groups excluding carboxylic acids is 1. The monoisotopic (exact) mass is 365 g/mol. The number of nitrogens with zero attached hydrogens (tertiary/aromatic N) is 2. The zero-order chi connectivity index (χ0) is 18.1. The Balaban J connectivity index is 2.18. The van der Waals surface area contributed by atoms with Gasteiger partial charge in [-0.25, -0.2) is 8.78 Å². The number of thioether (sulfide) groups is 1. The quantitative estimate of drug-likeness (QED) is 0.668. The maximum Gasteiger partial charge on any atom is 0.279 e. The number of aromatic nitrogens is 2. The molecule has 1 aliphatic heterocycles. The Hall–Kier alpha value is -2.22. The fourth-order valence-corrected chi connectivity index (χ4v) is 3.73. The van der Waals surface area contributed by atoms with Crippen LogP contribution in [-0.4, -0.2) is 21.2 Å². The number of carbonyl (C=O) groups is 1. The van der Waals surface area contributed by atoms with E-state index in [2.05, 4.69) is 10.3 Å². The lowest BCUT2D eigenvalue weighted by Gasteiger charge is -2.27. The molecule has 0 unspecified atom stereocenters. The van der Waals surface area contributed by atoms with Crippen molar-refractivity contribution >= 4 is 23.5 Å². The van der Waals surface area contributed by atoms with E-state index in [1.165, 1.54) is 23.9 Å². The van der Waals surface area contributed by atoms with Crippen molar-refractivity contribution in [2.24, 2.45) is 7.05 Å². The van der Waals surface area contributed by atoms with Crippen LogP contribution in [0.5, 0.6) is 0 Å². The van der Waals surface area contributed by atoms with Gasteiger partial charge in [-0.05, 0) is 18.1 Å². The summed E-state index contributed by atoms with van der Waals surface area (Å²) in [6.45, 7) is 2.01. The van der Waals surface area contributed by atoms with E-state index in [9.17, 15) is 18.4 Å². The van der Waals surface area contributed by atoms with E-state index < -0.39 is 23.1 Å². The highest BCUT2D eigenvalue weighted by molar-refractivity contribution is 7.99. The van der Waals surface area contributed by atoms with Gasteiger partial charge in [0.05, 0.1) is 5.56 Å². The van der Waals surface area contributed by atoms with Crippen molar-refractivity contribution in [3.8, 4) is 0 Å². The van der Waals surface area contributed by atoms with Crippen LogP contribution in [0.2, 0.25) is 0 Å². The summed E-state index contributed by atoms with van der Waals surface area (Å²) in [5.74, 6) is -2.20. The molecule has 1 amide bonds. The summed E-state index contributed by atoms with van der Waals surface area (Å²) < 4.78 is 29.5. The first kappa shape index (κ1) is 17.6. The van der Waals surface area contributed by atoms with E-state index in [4.69, 9.17) is 0 Å². The number of hydrogen-bond donors (Lipinski definition) is 1. The zero-order valence-corrected chi connectivity index (χ0v) is 14.6. The van der Waals surface area contributed by atoms with Crippen LogP contribution in [-0.2, 0) is 11.8 Å². The lowest BCUT2D eigenvalue weighted by Crippen LogP contribution is -2.34. The summed E-state index contributed by atoms with van der Waals surface area (Å²) >= 11 is 1.40. The third-order valence-corrected chi connectivity index (χ3v) is 5.33. The lowest BCUT2D eigenvalue weighted by atomic mass is 9.86. The van der Waals surface area contributed by atoms with Gasteiger partial charge in [0.25, 0.3) is 5.56 Å². The number of rotatable bonds is 4. The molecule has 2 aromatic rings. The van der Waals surface area contributed by atoms with Gasteiger partial charge in [0, 0.05) is 25.1 Å². The van der Waals surface area contributed by atoms with Crippen molar-refractivity contribution in [3.63, 3.8) is 0 Å². The van der Waals surface area contributed by atoms with Gasteiger partial charge in [-0.1, -0.05) is 30.8 Å². The molecular formula is C17H17F2N3O2S. The average molecular weight is 365 g/mol. The van der Waals surface area contributed by atoms with Crippen molar-refractivity contribution in [2.75, 3.05) is 11.1 Å². The molecule has 1 aromatic carbocycles. The first-order valence-electron chi connectivity index (χ1n) is 7.91. The van der Waals surface area contributed by atoms with Gasteiger partial charge in [-0.3, -0.25) is 9.59 Å². The number of fused-ring (bicyclic) bond motifs is 1. The molecule has 1 N–H and O–H groups in total. The van der Waals surface area contributed by atoms with Gasteiger partial charge in [0.1, 0.15) is 5.82 Å². The molecule has 3 rings (SSSR count). The summed E-state index contributed by atoms with van der Waals surface area (Å²) in [7, 11) is 1.69. The third-order valence-electron chi connectivity index (χ3n) is 4.09. The molecule has 25 heavy (non-hydrogen) atoms. The number of hydrogen-bond acceptors (Lipinski definition) is 4. The van der Waals surface area contributed by atoms with E-state index in [-0.39, 0.29) is 23.5 Å². The van der Waals surface area contributed by atoms with Crippen molar-refractivity contribution in [2.45, 2.75) is 30.8 Å². The highest BCUT2D eigenvalue weighted by Gasteiger charge is 2.34. The fraction of sp³-hybridized carbons (Fsp3) is 0.353. The second kappa shape index (κ2) is 6.95. The molecule has 5 nitrogen and oxygen atoms in total. The molecule has 2 heterocycles. The van der Waals surface area contributed by atoms with Crippen molar-refractivity contribution in [1.82, 2.24) is 9.55 Å². The van der Waals surface area contributed by atoms with Crippen LogP contribution < -0.4 is 10.9 Å². The summed E-state index contributed by atoms with van der Waals surface area (Å²) in [4.78, 5) is 28.8. The first-order valence-corrected chi connectivity index (χ1v) is 8.90. The zero-order valence-electron chi connectivity index (χ0n) is 13.8. The minimum atomic E-state index is -1.04. The van der Waals surface area contributed by atoms with Crippen LogP contribution in [0, 0.1) is 11.6 Å². The molecule has 1 aromatic heterocycles. The van der Waals surface area contributed by atoms with E-state index in [0.717, 1.165) is 18.2 Å². The van der Waals surface area contributed by atoms with Gasteiger partial charge < -0.3 is 9.88 Å². The molecule has 0 bridgehead atoms. The summed E-state index contributed by atoms with van der Waals surface area (Å²) in [5.41, 5.74) is -0.350. The Morgan fingerprint density at radius 2 is 2.12 bits per heavy atom. The topological polar surface area (TPSA) is 64.0 Å². The van der Waals surface area contributed by atoms with E-state index in [1.54, 1.807) is 11.6 Å². The van der Waals surface area contributed by atoms with Crippen molar-refractivity contribution < 1.29 is 13.6 Å². The molecule has 132 valence electrons. The van der Waals surface area contributed by atoms with E-state index in [0.29, 0.717) is 11.0 Å². The Kier molecular flexibility index (Phi) is 4.89.